The number of anilines is 1. The van der Waals surface area contributed by atoms with E-state index in [0.717, 1.165) is 37.8 Å². The Hall–Kier alpha value is -1.72. The van der Waals surface area contributed by atoms with E-state index in [9.17, 15) is 18.0 Å². The predicted molar refractivity (Wildman–Crippen MR) is 84.2 cm³/mol. The van der Waals surface area contributed by atoms with E-state index in [1.807, 2.05) is 0 Å². The molecule has 1 aromatic rings. The van der Waals surface area contributed by atoms with Crippen molar-refractivity contribution in [3.63, 3.8) is 0 Å². The van der Waals surface area contributed by atoms with E-state index in [-0.39, 0.29) is 18.4 Å². The molecule has 2 rings (SSSR count). The molecule has 1 aromatic carbocycles. The number of hydrogen-bond acceptors (Lipinski definition) is 2. The largest absolute Gasteiger partial charge is 0.416 e. The van der Waals surface area contributed by atoms with Gasteiger partial charge < -0.3 is 10.6 Å². The van der Waals surface area contributed by atoms with Crippen molar-refractivity contribution >= 4 is 11.6 Å². The molecule has 1 aliphatic carbocycles. The van der Waals surface area contributed by atoms with Crippen molar-refractivity contribution in [2.45, 2.75) is 57.2 Å². The predicted octanol–water partition coefficient (Wildman–Crippen LogP) is 4.35. The van der Waals surface area contributed by atoms with Gasteiger partial charge in [0.2, 0.25) is 5.91 Å². The first-order valence-electron chi connectivity index (χ1n) is 8.15. The zero-order valence-corrected chi connectivity index (χ0v) is 13.1. The summed E-state index contributed by atoms with van der Waals surface area (Å²) in [7, 11) is 0. The van der Waals surface area contributed by atoms with E-state index in [1.54, 1.807) is 6.07 Å². The van der Waals surface area contributed by atoms with Gasteiger partial charge in [0.25, 0.3) is 0 Å². The first-order valence-corrected chi connectivity index (χ1v) is 8.15. The fourth-order valence-corrected chi connectivity index (χ4v) is 2.85. The van der Waals surface area contributed by atoms with Gasteiger partial charge in [-0.25, -0.2) is 0 Å². The minimum Gasteiger partial charge on any atom is -0.385 e. The molecule has 128 valence electrons. The highest BCUT2D eigenvalue weighted by Crippen LogP contribution is 2.30. The van der Waals surface area contributed by atoms with Gasteiger partial charge in [-0.1, -0.05) is 31.7 Å². The van der Waals surface area contributed by atoms with Crippen LogP contribution in [0.25, 0.3) is 0 Å². The third-order valence-electron chi connectivity index (χ3n) is 4.09. The smallest absolute Gasteiger partial charge is 0.385 e. The number of carbonyl (C=O) groups excluding carboxylic acids is 1. The molecule has 0 aromatic heterocycles. The van der Waals surface area contributed by atoms with Crippen molar-refractivity contribution in [1.29, 1.82) is 0 Å². The molecular formula is C17H23F3N2O. The summed E-state index contributed by atoms with van der Waals surface area (Å²) in [6.45, 7) is 0.319. The third kappa shape index (κ3) is 6.12. The summed E-state index contributed by atoms with van der Waals surface area (Å²) < 4.78 is 37.9. The fourth-order valence-electron chi connectivity index (χ4n) is 2.85. The lowest BCUT2D eigenvalue weighted by Gasteiger charge is -2.16. The maximum absolute atomic E-state index is 12.6. The van der Waals surface area contributed by atoms with Gasteiger partial charge in [-0.05, 0) is 31.0 Å². The number of halogens is 3. The monoisotopic (exact) mass is 328 g/mol. The van der Waals surface area contributed by atoms with Crippen molar-refractivity contribution in [2.24, 2.45) is 0 Å². The van der Waals surface area contributed by atoms with Gasteiger partial charge >= 0.3 is 6.18 Å². The van der Waals surface area contributed by atoms with Crippen molar-refractivity contribution < 1.29 is 18.0 Å². The Morgan fingerprint density at radius 3 is 2.48 bits per heavy atom. The van der Waals surface area contributed by atoms with E-state index in [1.165, 1.54) is 18.9 Å². The Bertz CT molecular complexity index is 509. The normalized spacial score (nSPS) is 16.7. The number of nitrogens with one attached hydrogen (secondary N) is 2. The quantitative estimate of drug-likeness (QED) is 0.789. The molecule has 0 saturated heterocycles. The molecule has 3 nitrogen and oxygen atoms in total. The molecule has 0 heterocycles. The molecule has 0 unspecified atom stereocenters. The Kier molecular flexibility index (Phi) is 6.30. The summed E-state index contributed by atoms with van der Waals surface area (Å²) >= 11 is 0. The van der Waals surface area contributed by atoms with Gasteiger partial charge in [0.1, 0.15) is 0 Å². The van der Waals surface area contributed by atoms with Crippen LogP contribution < -0.4 is 10.6 Å². The van der Waals surface area contributed by atoms with Crippen molar-refractivity contribution in [3.05, 3.63) is 29.8 Å². The number of carbonyl (C=O) groups is 1. The summed E-state index contributed by atoms with van der Waals surface area (Å²) in [6.07, 6.45) is 2.69. The zero-order valence-electron chi connectivity index (χ0n) is 13.1. The van der Waals surface area contributed by atoms with Gasteiger partial charge in [-0.15, -0.1) is 0 Å². The van der Waals surface area contributed by atoms with Gasteiger partial charge in [-0.2, -0.15) is 13.2 Å². The van der Waals surface area contributed by atoms with Crippen LogP contribution in [0.15, 0.2) is 24.3 Å². The molecule has 1 aliphatic rings. The summed E-state index contributed by atoms with van der Waals surface area (Å²) in [5.41, 5.74) is -0.313. The minimum absolute atomic E-state index is 0.0450. The summed E-state index contributed by atoms with van der Waals surface area (Å²) in [5, 5.41) is 5.90. The van der Waals surface area contributed by atoms with Crippen molar-refractivity contribution in [2.75, 3.05) is 11.9 Å². The van der Waals surface area contributed by atoms with Gasteiger partial charge in [0.05, 0.1) is 5.56 Å². The Balaban J connectivity index is 1.75. The lowest BCUT2D eigenvalue weighted by Crippen LogP contribution is -2.35. The van der Waals surface area contributed by atoms with Crippen molar-refractivity contribution in [1.82, 2.24) is 5.32 Å². The standard InChI is InChI=1S/C17H23F3N2O/c18-17(19,20)13-6-5-9-15(12-13)21-11-10-16(23)22-14-7-3-1-2-4-8-14/h5-6,9,12,14,21H,1-4,7-8,10-11H2,(H,22,23). The van der Waals surface area contributed by atoms with Gasteiger partial charge in [-0.3, -0.25) is 4.79 Å². The topological polar surface area (TPSA) is 41.1 Å². The minimum atomic E-state index is -4.35. The van der Waals surface area contributed by atoms with Crippen LogP contribution >= 0.6 is 0 Å². The first-order chi connectivity index (χ1) is 10.9. The van der Waals surface area contributed by atoms with Crippen molar-refractivity contribution in [3.8, 4) is 0 Å². The molecule has 0 spiro atoms. The van der Waals surface area contributed by atoms with Crippen LogP contribution in [0, 0.1) is 0 Å². The van der Waals surface area contributed by atoms with Crippen LogP contribution in [0.2, 0.25) is 0 Å². The molecular weight excluding hydrogens is 305 g/mol. The molecule has 0 atom stereocenters. The molecule has 1 saturated carbocycles. The highest BCUT2D eigenvalue weighted by atomic mass is 19.4. The van der Waals surface area contributed by atoms with Gasteiger partial charge in [0, 0.05) is 24.7 Å². The van der Waals surface area contributed by atoms with Crippen LogP contribution in [0.5, 0.6) is 0 Å². The SMILES string of the molecule is O=C(CCNc1cccc(C(F)(F)F)c1)NC1CCCCCC1. The highest BCUT2D eigenvalue weighted by molar-refractivity contribution is 5.76. The molecule has 2 N–H and O–H groups in total. The Labute approximate surface area is 134 Å². The molecule has 1 fully saturated rings. The van der Waals surface area contributed by atoms with Gasteiger partial charge in [0.15, 0.2) is 0 Å². The third-order valence-corrected chi connectivity index (χ3v) is 4.09. The van der Waals surface area contributed by atoms with E-state index < -0.39 is 11.7 Å². The molecule has 0 aliphatic heterocycles. The fraction of sp³-hybridized carbons (Fsp3) is 0.588. The number of amides is 1. The summed E-state index contributed by atoms with van der Waals surface area (Å²) in [6, 6.07) is 5.26. The van der Waals surface area contributed by atoms with Crippen LogP contribution in [0.4, 0.5) is 18.9 Å². The van der Waals surface area contributed by atoms with Crippen LogP contribution in [0.3, 0.4) is 0 Å². The molecule has 23 heavy (non-hydrogen) atoms. The average molecular weight is 328 g/mol. The van der Waals surface area contributed by atoms with E-state index in [0.29, 0.717) is 12.2 Å². The molecule has 0 radical (unpaired) electrons. The number of rotatable bonds is 5. The molecule has 1 amide bonds. The van der Waals surface area contributed by atoms with Crippen LogP contribution in [-0.4, -0.2) is 18.5 Å². The van der Waals surface area contributed by atoms with E-state index in [2.05, 4.69) is 10.6 Å². The Morgan fingerprint density at radius 1 is 1.13 bits per heavy atom. The number of hydrogen-bond donors (Lipinski definition) is 2. The summed E-state index contributed by atoms with van der Waals surface area (Å²) in [5.74, 6) is -0.0450. The van der Waals surface area contributed by atoms with Crippen LogP contribution in [0.1, 0.15) is 50.5 Å². The maximum Gasteiger partial charge on any atom is 0.416 e. The Morgan fingerprint density at radius 2 is 1.83 bits per heavy atom. The second-order valence-corrected chi connectivity index (χ2v) is 6.01. The lowest BCUT2D eigenvalue weighted by atomic mass is 10.1. The highest BCUT2D eigenvalue weighted by Gasteiger charge is 2.30. The molecule has 0 bridgehead atoms. The zero-order chi connectivity index (χ0) is 16.7. The molecule has 6 heteroatoms. The maximum atomic E-state index is 12.6. The second-order valence-electron chi connectivity index (χ2n) is 6.01. The number of benzene rings is 1. The number of alkyl halides is 3. The second kappa shape index (κ2) is 8.22. The summed E-state index contributed by atoms with van der Waals surface area (Å²) in [4.78, 5) is 11.9. The van der Waals surface area contributed by atoms with Crippen LogP contribution in [-0.2, 0) is 11.0 Å². The average Bonchev–Trinajstić information content (AvgIpc) is 2.75. The van der Waals surface area contributed by atoms with E-state index >= 15 is 0 Å². The first kappa shape index (κ1) is 17.6. The lowest BCUT2D eigenvalue weighted by molar-refractivity contribution is -0.137. The van der Waals surface area contributed by atoms with E-state index in [4.69, 9.17) is 0 Å².